The van der Waals surface area contributed by atoms with Gasteiger partial charge in [-0.25, -0.2) is 4.63 Å². The Morgan fingerprint density at radius 3 is 2.81 bits per heavy atom. The lowest BCUT2D eigenvalue weighted by atomic mass is 9.87. The van der Waals surface area contributed by atoms with E-state index in [-0.39, 0.29) is 17.7 Å². The summed E-state index contributed by atoms with van der Waals surface area (Å²) in [6, 6.07) is 0. The Morgan fingerprint density at radius 2 is 2.08 bits per heavy atom. The molecule has 2 fully saturated rings. The van der Waals surface area contributed by atoms with Crippen LogP contribution in [0.1, 0.15) is 50.6 Å². The van der Waals surface area contributed by atoms with Gasteiger partial charge in [0.15, 0.2) is 0 Å². The minimum Gasteiger partial charge on any atom is -0.472 e. The zero-order valence-corrected chi connectivity index (χ0v) is 15.4. The predicted molar refractivity (Wildman–Crippen MR) is 93.4 cm³/mol. The van der Waals surface area contributed by atoms with E-state index in [4.69, 9.17) is 4.74 Å². The molecule has 26 heavy (non-hydrogen) atoms. The van der Waals surface area contributed by atoms with Gasteiger partial charge >= 0.3 is 0 Å². The quantitative estimate of drug-likeness (QED) is 0.740. The first kappa shape index (κ1) is 18.7. The third-order valence-corrected chi connectivity index (χ3v) is 5.33. The van der Waals surface area contributed by atoms with Crippen LogP contribution >= 0.6 is 0 Å². The van der Waals surface area contributed by atoms with Crippen molar-refractivity contribution in [1.29, 1.82) is 0 Å². The molecule has 2 aliphatic rings. The van der Waals surface area contributed by atoms with Gasteiger partial charge < -0.3 is 15.0 Å². The van der Waals surface area contributed by atoms with E-state index in [2.05, 4.69) is 20.3 Å². The molecular formula is C18H28N4O4. The number of rotatable bonds is 7. The van der Waals surface area contributed by atoms with Gasteiger partial charge in [0, 0.05) is 19.5 Å². The van der Waals surface area contributed by atoms with Crippen molar-refractivity contribution in [1.82, 2.24) is 20.5 Å². The van der Waals surface area contributed by atoms with Crippen molar-refractivity contribution in [3.05, 3.63) is 5.69 Å². The highest BCUT2D eigenvalue weighted by Crippen LogP contribution is 2.27. The number of likely N-dealkylation sites (tertiary alicyclic amines) is 1. The normalized spacial score (nSPS) is 21.7. The molecule has 2 amide bonds. The van der Waals surface area contributed by atoms with E-state index in [1.165, 1.54) is 32.1 Å². The number of nitrogens with one attached hydrogen (secondary N) is 1. The first-order valence-electron chi connectivity index (χ1n) is 9.61. The van der Waals surface area contributed by atoms with Crippen LogP contribution in [-0.2, 0) is 9.59 Å². The molecular weight excluding hydrogens is 336 g/mol. The SMILES string of the molecule is Cc1nonc1OCCNC(=O)C1CCC(=O)N(CC2CCCCC2)C1. The predicted octanol–water partition coefficient (Wildman–Crippen LogP) is 1.69. The van der Waals surface area contributed by atoms with Crippen molar-refractivity contribution >= 4 is 11.8 Å². The van der Waals surface area contributed by atoms with Crippen LogP contribution in [0.4, 0.5) is 0 Å². The molecule has 2 heterocycles. The van der Waals surface area contributed by atoms with Crippen LogP contribution in [0.5, 0.6) is 5.88 Å². The summed E-state index contributed by atoms with van der Waals surface area (Å²) in [7, 11) is 0. The molecule has 1 aliphatic carbocycles. The molecule has 3 rings (SSSR count). The van der Waals surface area contributed by atoms with Crippen molar-refractivity contribution in [3.8, 4) is 5.88 Å². The Bertz CT molecular complexity index is 612. The van der Waals surface area contributed by atoms with Crippen LogP contribution in [0.2, 0.25) is 0 Å². The maximum Gasteiger partial charge on any atom is 0.278 e. The standard InChI is InChI=1S/C18H28N4O4/c1-13-18(21-26-20-13)25-10-9-19-17(24)15-7-8-16(23)22(12-15)11-14-5-3-2-4-6-14/h14-15H,2-12H2,1H3,(H,19,24). The van der Waals surface area contributed by atoms with Crippen molar-refractivity contribution in [2.45, 2.75) is 51.9 Å². The van der Waals surface area contributed by atoms with Crippen LogP contribution < -0.4 is 10.1 Å². The molecule has 1 saturated carbocycles. The summed E-state index contributed by atoms with van der Waals surface area (Å²) in [5, 5.41) is 10.2. The molecule has 8 heteroatoms. The topological polar surface area (TPSA) is 97.6 Å². The summed E-state index contributed by atoms with van der Waals surface area (Å²) in [5.74, 6) is 0.997. The second-order valence-electron chi connectivity index (χ2n) is 7.33. The summed E-state index contributed by atoms with van der Waals surface area (Å²) in [6.45, 7) is 3.78. The van der Waals surface area contributed by atoms with Crippen molar-refractivity contribution in [2.24, 2.45) is 11.8 Å². The first-order chi connectivity index (χ1) is 12.6. The maximum absolute atomic E-state index is 12.4. The van der Waals surface area contributed by atoms with Crippen molar-refractivity contribution < 1.29 is 19.0 Å². The monoisotopic (exact) mass is 364 g/mol. The van der Waals surface area contributed by atoms with Crippen molar-refractivity contribution in [3.63, 3.8) is 0 Å². The number of hydrogen-bond acceptors (Lipinski definition) is 6. The van der Waals surface area contributed by atoms with Crippen LogP contribution in [0.25, 0.3) is 0 Å². The zero-order chi connectivity index (χ0) is 18.4. The van der Waals surface area contributed by atoms with E-state index < -0.39 is 0 Å². The second-order valence-corrected chi connectivity index (χ2v) is 7.33. The summed E-state index contributed by atoms with van der Waals surface area (Å²) >= 11 is 0. The van der Waals surface area contributed by atoms with E-state index in [0.717, 1.165) is 6.54 Å². The number of carbonyl (C=O) groups is 2. The Labute approximate surface area is 153 Å². The zero-order valence-electron chi connectivity index (χ0n) is 15.4. The van der Waals surface area contributed by atoms with Gasteiger partial charge in [0.05, 0.1) is 12.5 Å². The fourth-order valence-electron chi connectivity index (χ4n) is 3.81. The first-order valence-corrected chi connectivity index (χ1v) is 9.61. The Kier molecular flexibility index (Phi) is 6.46. The number of amides is 2. The summed E-state index contributed by atoms with van der Waals surface area (Å²) in [5.41, 5.74) is 0.584. The van der Waals surface area contributed by atoms with Gasteiger partial charge in [-0.05, 0) is 37.3 Å². The fraction of sp³-hybridized carbons (Fsp3) is 0.778. The van der Waals surface area contributed by atoms with Gasteiger partial charge in [-0.2, -0.15) is 0 Å². The fourth-order valence-corrected chi connectivity index (χ4v) is 3.81. The van der Waals surface area contributed by atoms with E-state index in [1.54, 1.807) is 6.92 Å². The number of aryl methyl sites for hydroxylation is 1. The molecule has 1 aliphatic heterocycles. The largest absolute Gasteiger partial charge is 0.472 e. The molecule has 0 bridgehead atoms. The Hall–Kier alpha value is -2.12. The lowest BCUT2D eigenvalue weighted by molar-refractivity contribution is -0.139. The maximum atomic E-state index is 12.4. The third kappa shape index (κ3) is 4.95. The van der Waals surface area contributed by atoms with Gasteiger partial charge in [0.2, 0.25) is 11.8 Å². The van der Waals surface area contributed by atoms with Gasteiger partial charge in [-0.1, -0.05) is 24.4 Å². The molecule has 1 N–H and O–H groups in total. The average Bonchev–Trinajstić information content (AvgIpc) is 3.06. The Morgan fingerprint density at radius 1 is 1.27 bits per heavy atom. The van der Waals surface area contributed by atoms with E-state index in [9.17, 15) is 9.59 Å². The molecule has 0 radical (unpaired) electrons. The van der Waals surface area contributed by atoms with Crippen LogP contribution in [-0.4, -0.2) is 53.3 Å². The number of nitrogens with zero attached hydrogens (tertiary/aromatic N) is 3. The highest BCUT2D eigenvalue weighted by atomic mass is 16.6. The molecule has 8 nitrogen and oxygen atoms in total. The van der Waals surface area contributed by atoms with Gasteiger partial charge in [0.1, 0.15) is 12.3 Å². The van der Waals surface area contributed by atoms with Gasteiger partial charge in [-0.15, -0.1) is 0 Å². The van der Waals surface area contributed by atoms with E-state index >= 15 is 0 Å². The number of piperidine rings is 1. The molecule has 1 aromatic rings. The molecule has 144 valence electrons. The summed E-state index contributed by atoms with van der Waals surface area (Å²) in [6.07, 6.45) is 7.32. The highest BCUT2D eigenvalue weighted by molar-refractivity contribution is 5.83. The lowest BCUT2D eigenvalue weighted by Gasteiger charge is -2.35. The molecule has 1 unspecified atom stereocenters. The minimum absolute atomic E-state index is 0.00950. The van der Waals surface area contributed by atoms with Gasteiger partial charge in [0.25, 0.3) is 5.88 Å². The molecule has 0 aromatic carbocycles. The smallest absolute Gasteiger partial charge is 0.278 e. The molecule has 0 spiro atoms. The molecule has 1 aromatic heterocycles. The van der Waals surface area contributed by atoms with E-state index in [1.807, 2.05) is 4.90 Å². The number of carbonyl (C=O) groups excluding carboxylic acids is 2. The molecule has 1 atom stereocenters. The Balaban J connectivity index is 1.40. The molecule has 1 saturated heterocycles. The summed E-state index contributed by atoms with van der Waals surface area (Å²) in [4.78, 5) is 26.5. The van der Waals surface area contributed by atoms with Crippen LogP contribution in [0.3, 0.4) is 0 Å². The third-order valence-electron chi connectivity index (χ3n) is 5.33. The lowest BCUT2D eigenvalue weighted by Crippen LogP contribution is -2.47. The summed E-state index contributed by atoms with van der Waals surface area (Å²) < 4.78 is 9.96. The average molecular weight is 364 g/mol. The van der Waals surface area contributed by atoms with Crippen LogP contribution in [0, 0.1) is 18.8 Å². The minimum atomic E-state index is -0.133. The number of hydrogen-bond donors (Lipinski definition) is 1. The van der Waals surface area contributed by atoms with Crippen LogP contribution in [0.15, 0.2) is 4.63 Å². The van der Waals surface area contributed by atoms with Gasteiger partial charge in [-0.3, -0.25) is 9.59 Å². The van der Waals surface area contributed by atoms with E-state index in [0.29, 0.717) is 50.0 Å². The number of aromatic nitrogens is 2. The van der Waals surface area contributed by atoms with Crippen molar-refractivity contribution in [2.75, 3.05) is 26.2 Å². The number of ether oxygens (including phenoxy) is 1. The second kappa shape index (κ2) is 9.00. The highest BCUT2D eigenvalue weighted by Gasteiger charge is 2.31.